The van der Waals surface area contributed by atoms with Crippen molar-refractivity contribution in [1.82, 2.24) is 15.4 Å². The fraction of sp³-hybridized carbons (Fsp3) is 0. The van der Waals surface area contributed by atoms with E-state index in [0.29, 0.717) is 16.7 Å². The summed E-state index contributed by atoms with van der Waals surface area (Å²) in [6.07, 6.45) is 0. The molecule has 1 aromatic carbocycles. The zero-order chi connectivity index (χ0) is 9.42. The van der Waals surface area contributed by atoms with Gasteiger partial charge in [-0.25, -0.2) is 0 Å². The first kappa shape index (κ1) is 7.47. The molecule has 2 rings (SSSR count). The van der Waals surface area contributed by atoms with Gasteiger partial charge in [0.05, 0.1) is 4.92 Å². The Morgan fingerprint density at radius 3 is 3.00 bits per heavy atom. The molecule has 0 unspecified atom stereocenters. The van der Waals surface area contributed by atoms with Crippen molar-refractivity contribution in [3.05, 3.63) is 22.2 Å². The standard InChI is InChI=1S/C6H5N5O2/c7-3-1-4-6(9-10-8-4)5(2-3)11(12)13/h1-2H,7H2,(H,8,9,10). The maximum Gasteiger partial charge on any atom is 0.298 e. The molecule has 3 N–H and O–H groups in total. The number of rotatable bonds is 1. The Bertz CT molecular complexity index is 477. The van der Waals surface area contributed by atoms with Gasteiger partial charge in [0.15, 0.2) is 5.52 Å². The fourth-order valence-corrected chi connectivity index (χ4v) is 1.10. The van der Waals surface area contributed by atoms with Gasteiger partial charge in [-0.05, 0) is 6.07 Å². The van der Waals surface area contributed by atoms with E-state index in [1.807, 2.05) is 0 Å². The monoisotopic (exact) mass is 179 g/mol. The third-order valence-electron chi connectivity index (χ3n) is 1.64. The molecule has 2 aromatic rings. The van der Waals surface area contributed by atoms with Crippen LogP contribution in [0.1, 0.15) is 0 Å². The van der Waals surface area contributed by atoms with E-state index in [0.717, 1.165) is 0 Å². The lowest BCUT2D eigenvalue weighted by atomic mass is 10.2. The number of benzene rings is 1. The molecule has 0 aliphatic rings. The summed E-state index contributed by atoms with van der Waals surface area (Å²) in [5.74, 6) is 0. The van der Waals surface area contributed by atoms with Crippen LogP contribution >= 0.6 is 0 Å². The highest BCUT2D eigenvalue weighted by atomic mass is 16.6. The van der Waals surface area contributed by atoms with Crippen molar-refractivity contribution >= 4 is 22.4 Å². The van der Waals surface area contributed by atoms with Gasteiger partial charge in [0.2, 0.25) is 0 Å². The minimum Gasteiger partial charge on any atom is -0.398 e. The average Bonchev–Trinajstić information content (AvgIpc) is 2.49. The van der Waals surface area contributed by atoms with Crippen molar-refractivity contribution < 1.29 is 4.92 Å². The number of nitrogens with one attached hydrogen (secondary N) is 1. The number of H-pyrrole nitrogens is 1. The summed E-state index contributed by atoms with van der Waals surface area (Å²) in [4.78, 5) is 10.0. The van der Waals surface area contributed by atoms with Gasteiger partial charge in [-0.1, -0.05) is 5.21 Å². The molecule has 0 amide bonds. The number of fused-ring (bicyclic) bond motifs is 1. The molecule has 0 bridgehead atoms. The minimum absolute atomic E-state index is 0.111. The molecule has 0 aliphatic heterocycles. The average molecular weight is 179 g/mol. The lowest BCUT2D eigenvalue weighted by molar-refractivity contribution is -0.383. The van der Waals surface area contributed by atoms with Crippen LogP contribution in [0.2, 0.25) is 0 Å². The summed E-state index contributed by atoms with van der Waals surface area (Å²) in [6.45, 7) is 0. The van der Waals surface area contributed by atoms with E-state index >= 15 is 0 Å². The van der Waals surface area contributed by atoms with E-state index in [9.17, 15) is 10.1 Å². The number of non-ortho nitro benzene ring substituents is 1. The lowest BCUT2D eigenvalue weighted by Gasteiger charge is -1.94. The summed E-state index contributed by atoms with van der Waals surface area (Å²) in [5, 5.41) is 20.1. The van der Waals surface area contributed by atoms with Gasteiger partial charge in [-0.2, -0.15) is 0 Å². The second-order valence-corrected chi connectivity index (χ2v) is 2.50. The van der Waals surface area contributed by atoms with Crippen molar-refractivity contribution in [2.45, 2.75) is 0 Å². The Morgan fingerprint density at radius 1 is 1.54 bits per heavy atom. The van der Waals surface area contributed by atoms with Gasteiger partial charge in [0.25, 0.3) is 5.69 Å². The summed E-state index contributed by atoms with van der Waals surface area (Å²) in [6, 6.07) is 2.79. The van der Waals surface area contributed by atoms with E-state index < -0.39 is 4.92 Å². The number of anilines is 1. The smallest absolute Gasteiger partial charge is 0.298 e. The van der Waals surface area contributed by atoms with E-state index in [1.165, 1.54) is 12.1 Å². The molecule has 0 spiro atoms. The molecular formula is C6H5N5O2. The van der Waals surface area contributed by atoms with Crippen LogP contribution in [-0.4, -0.2) is 20.3 Å². The number of nitrogen functional groups attached to an aromatic ring is 1. The van der Waals surface area contributed by atoms with Crippen molar-refractivity contribution in [1.29, 1.82) is 0 Å². The van der Waals surface area contributed by atoms with Gasteiger partial charge in [0, 0.05) is 11.8 Å². The van der Waals surface area contributed by atoms with Gasteiger partial charge in [-0.15, -0.1) is 5.10 Å². The topological polar surface area (TPSA) is 111 Å². The molecule has 0 saturated heterocycles. The molecule has 0 atom stereocenters. The summed E-state index contributed by atoms with van der Waals surface area (Å²) in [5.41, 5.74) is 6.31. The van der Waals surface area contributed by atoms with Gasteiger partial charge in [-0.3, -0.25) is 15.2 Å². The highest BCUT2D eigenvalue weighted by Crippen LogP contribution is 2.24. The summed E-state index contributed by atoms with van der Waals surface area (Å²) in [7, 11) is 0. The number of nitro groups is 1. The highest BCUT2D eigenvalue weighted by molar-refractivity contribution is 5.86. The molecule has 0 aliphatic carbocycles. The third-order valence-corrected chi connectivity index (χ3v) is 1.64. The predicted molar refractivity (Wildman–Crippen MR) is 45.0 cm³/mol. The second kappa shape index (κ2) is 2.41. The number of hydrogen-bond donors (Lipinski definition) is 2. The molecule has 1 aromatic heterocycles. The van der Waals surface area contributed by atoms with E-state index in [-0.39, 0.29) is 5.69 Å². The SMILES string of the molecule is Nc1cc([N+](=O)[O-])c2[nH]nnc2c1. The van der Waals surface area contributed by atoms with Crippen molar-refractivity contribution in [2.24, 2.45) is 0 Å². The van der Waals surface area contributed by atoms with Crippen LogP contribution in [-0.2, 0) is 0 Å². The molecule has 0 saturated carbocycles. The number of hydrogen-bond acceptors (Lipinski definition) is 5. The fourth-order valence-electron chi connectivity index (χ4n) is 1.10. The Hall–Kier alpha value is -2.18. The predicted octanol–water partition coefficient (Wildman–Crippen LogP) is 0.448. The second-order valence-electron chi connectivity index (χ2n) is 2.50. The molecule has 7 heteroatoms. The maximum atomic E-state index is 10.5. The third kappa shape index (κ3) is 1.06. The quantitative estimate of drug-likeness (QED) is 0.375. The normalized spacial score (nSPS) is 10.5. The van der Waals surface area contributed by atoms with Gasteiger partial charge < -0.3 is 5.73 Å². The number of aromatic amines is 1. The van der Waals surface area contributed by atoms with E-state index in [1.54, 1.807) is 0 Å². The molecule has 0 radical (unpaired) electrons. The summed E-state index contributed by atoms with van der Waals surface area (Å²) < 4.78 is 0. The Labute approximate surface area is 71.7 Å². The zero-order valence-electron chi connectivity index (χ0n) is 6.39. The molecule has 1 heterocycles. The van der Waals surface area contributed by atoms with Crippen LogP contribution in [0.15, 0.2) is 12.1 Å². The van der Waals surface area contributed by atoms with Gasteiger partial charge in [0.1, 0.15) is 5.52 Å². The van der Waals surface area contributed by atoms with Crippen LogP contribution in [0.5, 0.6) is 0 Å². The van der Waals surface area contributed by atoms with Crippen LogP contribution < -0.4 is 5.73 Å². The molecule has 13 heavy (non-hydrogen) atoms. The number of nitrogens with zero attached hydrogens (tertiary/aromatic N) is 3. The first-order valence-electron chi connectivity index (χ1n) is 3.43. The largest absolute Gasteiger partial charge is 0.398 e. The van der Waals surface area contributed by atoms with Crippen LogP contribution in [0.4, 0.5) is 11.4 Å². The number of aromatic nitrogens is 3. The summed E-state index contributed by atoms with van der Waals surface area (Å²) >= 11 is 0. The van der Waals surface area contributed by atoms with Crippen LogP contribution in [0.3, 0.4) is 0 Å². The minimum atomic E-state index is -0.529. The molecule has 66 valence electrons. The van der Waals surface area contributed by atoms with E-state index in [4.69, 9.17) is 5.73 Å². The molecular weight excluding hydrogens is 174 g/mol. The number of nitrogens with two attached hydrogens (primary N) is 1. The highest BCUT2D eigenvalue weighted by Gasteiger charge is 2.15. The van der Waals surface area contributed by atoms with Crippen molar-refractivity contribution in [3.63, 3.8) is 0 Å². The van der Waals surface area contributed by atoms with Gasteiger partial charge >= 0.3 is 0 Å². The van der Waals surface area contributed by atoms with Crippen molar-refractivity contribution in [2.75, 3.05) is 5.73 Å². The first-order valence-corrected chi connectivity index (χ1v) is 3.43. The maximum absolute atomic E-state index is 10.5. The molecule has 7 nitrogen and oxygen atoms in total. The lowest BCUT2D eigenvalue weighted by Crippen LogP contribution is -1.92. The molecule has 0 fully saturated rings. The Kier molecular flexibility index (Phi) is 1.38. The number of nitro benzene ring substituents is 1. The zero-order valence-corrected chi connectivity index (χ0v) is 6.39. The van der Waals surface area contributed by atoms with Crippen molar-refractivity contribution in [3.8, 4) is 0 Å². The van der Waals surface area contributed by atoms with Crippen LogP contribution in [0.25, 0.3) is 11.0 Å². The first-order chi connectivity index (χ1) is 6.18. The van der Waals surface area contributed by atoms with Crippen LogP contribution in [0, 0.1) is 10.1 Å². The van der Waals surface area contributed by atoms with E-state index in [2.05, 4.69) is 15.4 Å². The Balaban J connectivity index is 2.84. The Morgan fingerprint density at radius 2 is 2.31 bits per heavy atom.